The third-order valence-corrected chi connectivity index (χ3v) is 6.18. The normalized spacial score (nSPS) is 14.6. The maximum atomic E-state index is 13.5. The van der Waals surface area contributed by atoms with Crippen molar-refractivity contribution in [3.05, 3.63) is 47.8 Å². The van der Waals surface area contributed by atoms with Gasteiger partial charge in [-0.25, -0.2) is 14.8 Å². The molecule has 0 aliphatic carbocycles. The number of ether oxygens (including phenoxy) is 2. The van der Waals surface area contributed by atoms with Gasteiger partial charge in [0, 0.05) is 25.1 Å². The molecule has 2 aromatic rings. The fraction of sp³-hybridized carbons (Fsp3) is 0.500. The Balaban J connectivity index is 1.80. The molecule has 13 nitrogen and oxygen atoms in total. The van der Waals surface area contributed by atoms with Crippen molar-refractivity contribution in [1.82, 2.24) is 25.2 Å². The Morgan fingerprint density at radius 3 is 2.27 bits per heavy atom. The molecule has 1 atom stereocenters. The molecule has 0 spiro atoms. The molecule has 1 aliphatic rings. The summed E-state index contributed by atoms with van der Waals surface area (Å²) in [5.41, 5.74) is -0.543. The van der Waals surface area contributed by atoms with Crippen molar-refractivity contribution >= 4 is 23.9 Å². The lowest BCUT2D eigenvalue weighted by Gasteiger charge is -2.35. The smallest absolute Gasteiger partial charge is 0.466 e. The standard InChI is InChI=1S/C28H37N5O8/c1-5-39-23(34)13-12-20(26(36)32-14-16-33(17-15-32)41-27(37)40-6-2)30-25(35)21-18-22(28(3,4)38)31-24(29-21)19-10-8-7-9-11-19/h7-11,18,20,38H,5-6,12-17H2,1-4H3,(H,30,35)/t20-/m0/s1. The molecular weight excluding hydrogens is 534 g/mol. The summed E-state index contributed by atoms with van der Waals surface area (Å²) in [6.45, 7) is 7.72. The highest BCUT2D eigenvalue weighted by molar-refractivity contribution is 5.96. The van der Waals surface area contributed by atoms with Crippen LogP contribution in [0.25, 0.3) is 11.4 Å². The highest BCUT2D eigenvalue weighted by Gasteiger charge is 2.31. The molecule has 0 radical (unpaired) electrons. The van der Waals surface area contributed by atoms with E-state index in [0.717, 1.165) is 0 Å². The van der Waals surface area contributed by atoms with E-state index in [0.29, 0.717) is 5.56 Å². The zero-order chi connectivity index (χ0) is 30.0. The van der Waals surface area contributed by atoms with Gasteiger partial charge in [0.2, 0.25) is 5.91 Å². The van der Waals surface area contributed by atoms with E-state index in [1.54, 1.807) is 52.0 Å². The second-order valence-corrected chi connectivity index (χ2v) is 9.79. The Bertz CT molecular complexity index is 1210. The Morgan fingerprint density at radius 1 is 1.00 bits per heavy atom. The van der Waals surface area contributed by atoms with Crippen molar-refractivity contribution in [3.63, 3.8) is 0 Å². The van der Waals surface area contributed by atoms with E-state index in [4.69, 9.17) is 14.3 Å². The Morgan fingerprint density at radius 2 is 1.66 bits per heavy atom. The molecule has 1 saturated heterocycles. The molecule has 222 valence electrons. The SMILES string of the molecule is CCOC(=O)CC[C@H](NC(=O)c1cc(C(C)(C)O)nc(-c2ccccc2)n1)C(=O)N1CCN(OC(=O)OCC)CC1. The van der Waals surface area contributed by atoms with Crippen LogP contribution in [-0.2, 0) is 29.5 Å². The van der Waals surface area contributed by atoms with Crippen LogP contribution in [0, 0.1) is 0 Å². The second-order valence-electron chi connectivity index (χ2n) is 9.79. The summed E-state index contributed by atoms with van der Waals surface area (Å²) in [7, 11) is 0. The molecule has 1 aliphatic heterocycles. The van der Waals surface area contributed by atoms with E-state index in [1.807, 2.05) is 6.07 Å². The van der Waals surface area contributed by atoms with Crippen LogP contribution in [-0.4, -0.2) is 94.4 Å². The number of aliphatic hydroxyl groups is 1. The number of piperazine rings is 1. The van der Waals surface area contributed by atoms with Crippen molar-refractivity contribution in [2.24, 2.45) is 0 Å². The van der Waals surface area contributed by atoms with Gasteiger partial charge in [-0.1, -0.05) is 30.3 Å². The van der Waals surface area contributed by atoms with E-state index >= 15 is 0 Å². The molecule has 2 amide bonds. The van der Waals surface area contributed by atoms with Crippen molar-refractivity contribution in [2.45, 2.75) is 52.2 Å². The molecule has 3 rings (SSSR count). The van der Waals surface area contributed by atoms with Crippen LogP contribution in [0.15, 0.2) is 36.4 Å². The van der Waals surface area contributed by atoms with Gasteiger partial charge in [0.1, 0.15) is 17.3 Å². The number of benzene rings is 1. The van der Waals surface area contributed by atoms with Crippen LogP contribution in [0.4, 0.5) is 4.79 Å². The first-order valence-corrected chi connectivity index (χ1v) is 13.5. The summed E-state index contributed by atoms with van der Waals surface area (Å²) in [6, 6.07) is 9.31. The van der Waals surface area contributed by atoms with Crippen LogP contribution in [0.5, 0.6) is 0 Å². The van der Waals surface area contributed by atoms with E-state index in [2.05, 4.69) is 15.3 Å². The molecule has 2 N–H and O–H groups in total. The number of hydrogen-bond donors (Lipinski definition) is 2. The molecule has 41 heavy (non-hydrogen) atoms. The number of rotatable bonds is 11. The van der Waals surface area contributed by atoms with Crippen LogP contribution in [0.2, 0.25) is 0 Å². The maximum Gasteiger partial charge on any atom is 0.527 e. The predicted octanol–water partition coefficient (Wildman–Crippen LogP) is 2.04. The number of hydroxylamine groups is 2. The highest BCUT2D eigenvalue weighted by Crippen LogP contribution is 2.23. The monoisotopic (exact) mass is 571 g/mol. The van der Waals surface area contributed by atoms with Crippen molar-refractivity contribution in [2.75, 3.05) is 39.4 Å². The first-order valence-electron chi connectivity index (χ1n) is 13.5. The molecule has 2 heterocycles. The minimum Gasteiger partial charge on any atom is -0.466 e. The van der Waals surface area contributed by atoms with E-state index in [1.165, 1.54) is 16.0 Å². The topological polar surface area (TPSA) is 160 Å². The van der Waals surface area contributed by atoms with Crippen LogP contribution >= 0.6 is 0 Å². The molecule has 0 unspecified atom stereocenters. The Hall–Kier alpha value is -4.10. The number of nitrogens with one attached hydrogen (secondary N) is 1. The summed E-state index contributed by atoms with van der Waals surface area (Å²) in [5, 5.41) is 14.7. The molecule has 0 saturated carbocycles. The fourth-order valence-electron chi connectivity index (χ4n) is 4.05. The minimum atomic E-state index is -1.37. The van der Waals surface area contributed by atoms with E-state index in [-0.39, 0.29) is 69.4 Å². The van der Waals surface area contributed by atoms with Crippen LogP contribution in [0.3, 0.4) is 0 Å². The van der Waals surface area contributed by atoms with Crippen LogP contribution < -0.4 is 5.32 Å². The molecular formula is C28H37N5O8. The van der Waals surface area contributed by atoms with Gasteiger partial charge in [0.15, 0.2) is 5.82 Å². The Kier molecular flexibility index (Phi) is 11.1. The Labute approximate surface area is 238 Å². The van der Waals surface area contributed by atoms with Gasteiger partial charge in [-0.05, 0) is 40.2 Å². The third-order valence-electron chi connectivity index (χ3n) is 6.18. The number of carbonyl (C=O) groups is 4. The number of carbonyl (C=O) groups excluding carboxylic acids is 4. The first-order chi connectivity index (χ1) is 19.5. The molecule has 13 heteroatoms. The summed E-state index contributed by atoms with van der Waals surface area (Å²) in [5.74, 6) is -1.33. The van der Waals surface area contributed by atoms with Gasteiger partial charge in [-0.3, -0.25) is 14.4 Å². The number of amides is 2. The number of nitrogens with zero attached hydrogens (tertiary/aromatic N) is 4. The van der Waals surface area contributed by atoms with Gasteiger partial charge >= 0.3 is 12.1 Å². The highest BCUT2D eigenvalue weighted by atomic mass is 16.8. The minimum absolute atomic E-state index is 0.00206. The summed E-state index contributed by atoms with van der Waals surface area (Å²) in [6.07, 6.45) is -0.917. The largest absolute Gasteiger partial charge is 0.527 e. The molecule has 0 bridgehead atoms. The lowest BCUT2D eigenvalue weighted by molar-refractivity contribution is -0.157. The summed E-state index contributed by atoms with van der Waals surface area (Å²) in [4.78, 5) is 66.1. The van der Waals surface area contributed by atoms with Crippen molar-refractivity contribution in [3.8, 4) is 11.4 Å². The number of aromatic nitrogens is 2. The third kappa shape index (κ3) is 9.22. The number of hydrogen-bond acceptors (Lipinski definition) is 11. The zero-order valence-electron chi connectivity index (χ0n) is 23.8. The van der Waals surface area contributed by atoms with Gasteiger partial charge in [-0.2, -0.15) is 0 Å². The summed E-state index contributed by atoms with van der Waals surface area (Å²) < 4.78 is 9.79. The van der Waals surface area contributed by atoms with Crippen LogP contribution in [0.1, 0.15) is 56.7 Å². The zero-order valence-corrected chi connectivity index (χ0v) is 23.8. The average molecular weight is 572 g/mol. The predicted molar refractivity (Wildman–Crippen MR) is 146 cm³/mol. The lowest BCUT2D eigenvalue weighted by Crippen LogP contribution is -2.55. The lowest BCUT2D eigenvalue weighted by atomic mass is 10.0. The average Bonchev–Trinajstić information content (AvgIpc) is 2.95. The van der Waals surface area contributed by atoms with Crippen molar-refractivity contribution < 1.29 is 38.6 Å². The molecule has 1 aromatic carbocycles. The number of esters is 1. The quantitative estimate of drug-likeness (QED) is 0.380. The molecule has 1 aromatic heterocycles. The van der Waals surface area contributed by atoms with E-state index in [9.17, 15) is 24.3 Å². The van der Waals surface area contributed by atoms with E-state index < -0.39 is 35.6 Å². The van der Waals surface area contributed by atoms with Crippen molar-refractivity contribution in [1.29, 1.82) is 0 Å². The van der Waals surface area contributed by atoms with Gasteiger partial charge in [0.05, 0.1) is 32.0 Å². The summed E-state index contributed by atoms with van der Waals surface area (Å²) >= 11 is 0. The fourth-order valence-corrected chi connectivity index (χ4v) is 4.05. The first kappa shape index (κ1) is 31.4. The van der Waals surface area contributed by atoms with Gasteiger partial charge < -0.3 is 29.6 Å². The van der Waals surface area contributed by atoms with Gasteiger partial charge in [0.25, 0.3) is 5.91 Å². The second kappa shape index (κ2) is 14.5. The molecule has 1 fully saturated rings. The van der Waals surface area contributed by atoms with Gasteiger partial charge in [-0.15, -0.1) is 5.06 Å². The maximum absolute atomic E-state index is 13.5.